The molecule has 2 aromatic rings. The SMILES string of the molecule is CNC1(C#N)CCC(n2ccnc2-c2ccccc2)C1. The highest BCUT2D eigenvalue weighted by atomic mass is 15.1. The monoisotopic (exact) mass is 266 g/mol. The molecule has 0 saturated heterocycles. The third-order valence-corrected chi connectivity index (χ3v) is 4.28. The van der Waals surface area contributed by atoms with Crippen molar-refractivity contribution in [2.75, 3.05) is 7.05 Å². The van der Waals surface area contributed by atoms with Crippen LogP contribution in [-0.2, 0) is 0 Å². The highest BCUT2D eigenvalue weighted by molar-refractivity contribution is 5.55. The van der Waals surface area contributed by atoms with Gasteiger partial charge in [0.2, 0.25) is 0 Å². The largest absolute Gasteiger partial charge is 0.328 e. The zero-order valence-electron chi connectivity index (χ0n) is 11.6. The van der Waals surface area contributed by atoms with Crippen LogP contribution >= 0.6 is 0 Å². The highest BCUT2D eigenvalue weighted by Crippen LogP contribution is 2.39. The molecule has 0 aliphatic heterocycles. The van der Waals surface area contributed by atoms with E-state index in [2.05, 4.69) is 33.1 Å². The van der Waals surface area contributed by atoms with Crippen molar-refractivity contribution in [1.29, 1.82) is 5.26 Å². The molecule has 4 nitrogen and oxygen atoms in total. The lowest BCUT2D eigenvalue weighted by Crippen LogP contribution is -2.38. The molecular weight excluding hydrogens is 248 g/mol. The fourth-order valence-electron chi connectivity index (χ4n) is 3.06. The van der Waals surface area contributed by atoms with Crippen LogP contribution in [0.2, 0.25) is 0 Å². The van der Waals surface area contributed by atoms with Crippen LogP contribution in [0.25, 0.3) is 11.4 Å². The van der Waals surface area contributed by atoms with Crippen LogP contribution < -0.4 is 5.32 Å². The zero-order valence-corrected chi connectivity index (χ0v) is 11.6. The van der Waals surface area contributed by atoms with Crippen molar-refractivity contribution < 1.29 is 0 Å². The summed E-state index contributed by atoms with van der Waals surface area (Å²) in [5, 5.41) is 12.6. The number of imidazole rings is 1. The second-order valence-corrected chi connectivity index (χ2v) is 5.36. The Hall–Kier alpha value is -2.12. The topological polar surface area (TPSA) is 53.6 Å². The maximum absolute atomic E-state index is 9.38. The van der Waals surface area contributed by atoms with Crippen molar-refractivity contribution in [3.8, 4) is 17.5 Å². The smallest absolute Gasteiger partial charge is 0.140 e. The van der Waals surface area contributed by atoms with Crippen molar-refractivity contribution in [2.45, 2.75) is 30.8 Å². The van der Waals surface area contributed by atoms with E-state index in [4.69, 9.17) is 0 Å². The van der Waals surface area contributed by atoms with Crippen molar-refractivity contribution in [3.63, 3.8) is 0 Å². The minimum atomic E-state index is -0.386. The summed E-state index contributed by atoms with van der Waals surface area (Å²) >= 11 is 0. The van der Waals surface area contributed by atoms with E-state index in [0.29, 0.717) is 6.04 Å². The summed E-state index contributed by atoms with van der Waals surface area (Å²) in [7, 11) is 1.87. The number of nitrogens with zero attached hydrogens (tertiary/aromatic N) is 3. The zero-order chi connectivity index (χ0) is 14.0. The Morgan fingerprint density at radius 1 is 1.40 bits per heavy atom. The minimum absolute atomic E-state index is 0.333. The van der Waals surface area contributed by atoms with Gasteiger partial charge < -0.3 is 9.88 Å². The second kappa shape index (κ2) is 5.10. The number of hydrogen-bond acceptors (Lipinski definition) is 3. The molecule has 1 aliphatic carbocycles. The number of benzene rings is 1. The summed E-state index contributed by atoms with van der Waals surface area (Å²) in [6.45, 7) is 0. The van der Waals surface area contributed by atoms with E-state index < -0.39 is 0 Å². The van der Waals surface area contributed by atoms with Crippen molar-refractivity contribution >= 4 is 0 Å². The fourth-order valence-corrected chi connectivity index (χ4v) is 3.06. The predicted molar refractivity (Wildman–Crippen MR) is 78.0 cm³/mol. The lowest BCUT2D eigenvalue weighted by Gasteiger charge is -2.21. The van der Waals surface area contributed by atoms with E-state index in [1.807, 2.05) is 37.6 Å². The summed E-state index contributed by atoms with van der Waals surface area (Å²) in [4.78, 5) is 4.49. The number of aromatic nitrogens is 2. The molecule has 1 N–H and O–H groups in total. The molecule has 1 saturated carbocycles. The molecule has 4 heteroatoms. The van der Waals surface area contributed by atoms with Gasteiger partial charge in [-0.25, -0.2) is 4.98 Å². The van der Waals surface area contributed by atoms with E-state index in [1.54, 1.807) is 0 Å². The minimum Gasteiger partial charge on any atom is -0.328 e. The lowest BCUT2D eigenvalue weighted by molar-refractivity contribution is 0.430. The van der Waals surface area contributed by atoms with Crippen molar-refractivity contribution in [1.82, 2.24) is 14.9 Å². The summed E-state index contributed by atoms with van der Waals surface area (Å²) in [5.74, 6) is 0.987. The van der Waals surface area contributed by atoms with Crippen molar-refractivity contribution in [2.24, 2.45) is 0 Å². The average molecular weight is 266 g/mol. The van der Waals surface area contributed by atoms with E-state index in [0.717, 1.165) is 30.7 Å². The van der Waals surface area contributed by atoms with Gasteiger partial charge in [0.05, 0.1) is 6.07 Å². The molecule has 1 aromatic heterocycles. The van der Waals surface area contributed by atoms with Crippen LogP contribution in [-0.4, -0.2) is 22.1 Å². The molecule has 3 rings (SSSR count). The van der Waals surface area contributed by atoms with Gasteiger partial charge in [-0.1, -0.05) is 30.3 Å². The van der Waals surface area contributed by atoms with Gasteiger partial charge in [-0.3, -0.25) is 0 Å². The average Bonchev–Trinajstić information content (AvgIpc) is 3.15. The van der Waals surface area contributed by atoms with Gasteiger partial charge in [0.1, 0.15) is 11.4 Å². The van der Waals surface area contributed by atoms with Gasteiger partial charge in [0.25, 0.3) is 0 Å². The van der Waals surface area contributed by atoms with Gasteiger partial charge >= 0.3 is 0 Å². The summed E-state index contributed by atoms with van der Waals surface area (Å²) in [5.41, 5.74) is 0.736. The third kappa shape index (κ3) is 2.10. The predicted octanol–water partition coefficient (Wildman–Crippen LogP) is 2.76. The Bertz CT molecular complexity index is 625. The first-order chi connectivity index (χ1) is 9.78. The van der Waals surface area contributed by atoms with Crippen LogP contribution in [0.15, 0.2) is 42.7 Å². The van der Waals surface area contributed by atoms with E-state index in [-0.39, 0.29) is 5.54 Å². The maximum atomic E-state index is 9.38. The molecule has 1 aromatic carbocycles. The molecule has 2 unspecified atom stereocenters. The molecule has 1 aliphatic rings. The molecule has 0 amide bonds. The van der Waals surface area contributed by atoms with Crippen molar-refractivity contribution in [3.05, 3.63) is 42.7 Å². The van der Waals surface area contributed by atoms with Gasteiger partial charge in [-0.2, -0.15) is 5.26 Å². The second-order valence-electron chi connectivity index (χ2n) is 5.36. The first-order valence-electron chi connectivity index (χ1n) is 6.96. The van der Waals surface area contributed by atoms with E-state index in [1.165, 1.54) is 0 Å². The molecule has 20 heavy (non-hydrogen) atoms. The standard InChI is InChI=1S/C16H18N4/c1-18-16(12-17)8-7-14(11-16)20-10-9-19-15(20)13-5-3-2-4-6-13/h2-6,9-10,14,18H,7-8,11H2,1H3. The highest BCUT2D eigenvalue weighted by Gasteiger charge is 2.39. The summed E-state index contributed by atoms with van der Waals surface area (Å²) in [6, 6.07) is 13.0. The fraction of sp³-hybridized carbons (Fsp3) is 0.375. The molecule has 102 valence electrons. The van der Waals surface area contributed by atoms with Crippen LogP contribution in [0, 0.1) is 11.3 Å². The Morgan fingerprint density at radius 3 is 2.85 bits per heavy atom. The van der Waals surface area contributed by atoms with E-state index in [9.17, 15) is 5.26 Å². The lowest BCUT2D eigenvalue weighted by atomic mass is 10.00. The summed E-state index contributed by atoms with van der Waals surface area (Å²) in [6.07, 6.45) is 6.59. The number of hydrogen-bond donors (Lipinski definition) is 1. The molecule has 1 heterocycles. The Morgan fingerprint density at radius 2 is 2.20 bits per heavy atom. The van der Waals surface area contributed by atoms with Gasteiger partial charge in [-0.15, -0.1) is 0 Å². The number of rotatable bonds is 3. The Kier molecular flexibility index (Phi) is 3.29. The third-order valence-electron chi connectivity index (χ3n) is 4.28. The number of nitriles is 1. The molecule has 0 bridgehead atoms. The van der Waals surface area contributed by atoms with Gasteiger partial charge in [0.15, 0.2) is 0 Å². The van der Waals surface area contributed by atoms with Crippen LogP contribution in [0.3, 0.4) is 0 Å². The van der Waals surface area contributed by atoms with Crippen LogP contribution in [0.1, 0.15) is 25.3 Å². The van der Waals surface area contributed by atoms with Gasteiger partial charge in [-0.05, 0) is 26.3 Å². The molecule has 0 spiro atoms. The molecule has 0 radical (unpaired) electrons. The Labute approximate surface area is 119 Å². The first-order valence-corrected chi connectivity index (χ1v) is 6.96. The molecular formula is C16H18N4. The summed E-state index contributed by atoms with van der Waals surface area (Å²) < 4.78 is 2.21. The van der Waals surface area contributed by atoms with E-state index >= 15 is 0 Å². The molecule has 1 fully saturated rings. The van der Waals surface area contributed by atoms with Crippen LogP contribution in [0.5, 0.6) is 0 Å². The maximum Gasteiger partial charge on any atom is 0.140 e. The van der Waals surface area contributed by atoms with Crippen LogP contribution in [0.4, 0.5) is 0 Å². The number of nitrogens with one attached hydrogen (secondary N) is 1. The Balaban J connectivity index is 1.91. The quantitative estimate of drug-likeness (QED) is 0.929. The van der Waals surface area contributed by atoms with Gasteiger partial charge in [0, 0.05) is 24.0 Å². The first kappa shape index (κ1) is 12.9. The molecule has 2 atom stereocenters. The normalized spacial score (nSPS) is 25.5.